The second-order valence-corrected chi connectivity index (χ2v) is 5.43. The topological polar surface area (TPSA) is 61.4 Å². The van der Waals surface area contributed by atoms with Crippen molar-refractivity contribution in [3.05, 3.63) is 0 Å². The number of likely N-dealkylation sites (N-methyl/N-ethyl adjacent to an activating group) is 1. The van der Waals surface area contributed by atoms with Gasteiger partial charge in [-0.15, -0.1) is 0 Å². The molecule has 0 heterocycles. The standard InChI is InChI=1S/C13H25N3O2/c1-10(2)8-15-12(17)9-16(3)13(18)6-7-14-11-4-5-11/h10-11,14H,4-9H2,1-3H3,(H,15,17). The van der Waals surface area contributed by atoms with Crippen LogP contribution in [0.25, 0.3) is 0 Å². The lowest BCUT2D eigenvalue weighted by Crippen LogP contribution is -2.40. The Kier molecular flexibility index (Phi) is 6.12. The minimum Gasteiger partial charge on any atom is -0.354 e. The number of carbonyl (C=O) groups excluding carboxylic acids is 2. The van der Waals surface area contributed by atoms with Crippen molar-refractivity contribution in [2.24, 2.45) is 5.92 Å². The third kappa shape index (κ3) is 6.59. The average Bonchev–Trinajstić information content (AvgIpc) is 3.10. The molecule has 0 radical (unpaired) electrons. The van der Waals surface area contributed by atoms with Crippen LogP contribution < -0.4 is 10.6 Å². The molecule has 0 aromatic carbocycles. The molecule has 18 heavy (non-hydrogen) atoms. The Morgan fingerprint density at radius 2 is 2.00 bits per heavy atom. The molecular weight excluding hydrogens is 230 g/mol. The van der Waals surface area contributed by atoms with Crippen molar-refractivity contribution >= 4 is 11.8 Å². The van der Waals surface area contributed by atoms with E-state index in [1.807, 2.05) is 13.8 Å². The number of nitrogens with one attached hydrogen (secondary N) is 2. The number of carbonyl (C=O) groups is 2. The van der Waals surface area contributed by atoms with Crippen molar-refractivity contribution in [2.75, 3.05) is 26.7 Å². The predicted molar refractivity (Wildman–Crippen MR) is 71.1 cm³/mol. The van der Waals surface area contributed by atoms with E-state index in [-0.39, 0.29) is 18.4 Å². The number of rotatable bonds is 8. The van der Waals surface area contributed by atoms with Gasteiger partial charge < -0.3 is 15.5 Å². The second-order valence-electron chi connectivity index (χ2n) is 5.43. The SMILES string of the molecule is CC(C)CNC(=O)CN(C)C(=O)CCNC1CC1. The van der Waals surface area contributed by atoms with Crippen LogP contribution in [0.3, 0.4) is 0 Å². The molecule has 0 aromatic heterocycles. The molecule has 0 atom stereocenters. The Morgan fingerprint density at radius 1 is 1.33 bits per heavy atom. The summed E-state index contributed by atoms with van der Waals surface area (Å²) >= 11 is 0. The summed E-state index contributed by atoms with van der Waals surface area (Å²) in [5, 5.41) is 6.09. The molecule has 0 aliphatic heterocycles. The van der Waals surface area contributed by atoms with Gasteiger partial charge in [-0.3, -0.25) is 9.59 Å². The molecule has 1 saturated carbocycles. The van der Waals surface area contributed by atoms with E-state index < -0.39 is 0 Å². The smallest absolute Gasteiger partial charge is 0.239 e. The maximum absolute atomic E-state index is 11.7. The van der Waals surface area contributed by atoms with Crippen molar-refractivity contribution in [1.29, 1.82) is 0 Å². The van der Waals surface area contributed by atoms with Crippen molar-refractivity contribution in [3.8, 4) is 0 Å². The lowest BCUT2D eigenvalue weighted by Gasteiger charge is -2.17. The van der Waals surface area contributed by atoms with E-state index in [4.69, 9.17) is 0 Å². The molecule has 5 nitrogen and oxygen atoms in total. The second kappa shape index (κ2) is 7.36. The number of nitrogens with zero attached hydrogens (tertiary/aromatic N) is 1. The van der Waals surface area contributed by atoms with Crippen LogP contribution in [0.4, 0.5) is 0 Å². The molecule has 1 fully saturated rings. The molecule has 0 unspecified atom stereocenters. The van der Waals surface area contributed by atoms with Crippen molar-refractivity contribution < 1.29 is 9.59 Å². The molecule has 2 N–H and O–H groups in total. The van der Waals surface area contributed by atoms with Crippen LogP contribution in [0.15, 0.2) is 0 Å². The Labute approximate surface area is 109 Å². The quantitative estimate of drug-likeness (QED) is 0.658. The lowest BCUT2D eigenvalue weighted by atomic mass is 10.2. The molecule has 1 aliphatic rings. The fourth-order valence-electron chi connectivity index (χ4n) is 1.54. The lowest BCUT2D eigenvalue weighted by molar-refractivity contribution is -0.134. The highest BCUT2D eigenvalue weighted by atomic mass is 16.2. The molecule has 0 spiro atoms. The van der Waals surface area contributed by atoms with Crippen LogP contribution in [0, 0.1) is 5.92 Å². The van der Waals surface area contributed by atoms with Gasteiger partial charge >= 0.3 is 0 Å². The van der Waals surface area contributed by atoms with E-state index in [1.54, 1.807) is 7.05 Å². The largest absolute Gasteiger partial charge is 0.354 e. The highest BCUT2D eigenvalue weighted by molar-refractivity contribution is 5.84. The minimum absolute atomic E-state index is 0.0165. The summed E-state index contributed by atoms with van der Waals surface area (Å²) in [5.41, 5.74) is 0. The summed E-state index contributed by atoms with van der Waals surface area (Å²) in [5.74, 6) is 0.357. The van der Waals surface area contributed by atoms with E-state index in [2.05, 4.69) is 10.6 Å². The predicted octanol–water partition coefficient (Wildman–Crippen LogP) is 0.359. The Morgan fingerprint density at radius 3 is 2.56 bits per heavy atom. The third-order valence-electron chi connectivity index (χ3n) is 2.86. The van der Waals surface area contributed by atoms with Gasteiger partial charge in [-0.2, -0.15) is 0 Å². The van der Waals surface area contributed by atoms with Gasteiger partial charge in [0, 0.05) is 32.6 Å². The van der Waals surface area contributed by atoms with Crippen molar-refractivity contribution in [1.82, 2.24) is 15.5 Å². The normalized spacial score (nSPS) is 14.7. The van der Waals surface area contributed by atoms with Crippen LogP contribution in [0.1, 0.15) is 33.1 Å². The molecule has 0 saturated heterocycles. The average molecular weight is 255 g/mol. The molecule has 1 aliphatic carbocycles. The van der Waals surface area contributed by atoms with E-state index in [9.17, 15) is 9.59 Å². The van der Waals surface area contributed by atoms with Gasteiger partial charge in [0.1, 0.15) is 0 Å². The Bertz CT molecular complexity index is 288. The summed E-state index contributed by atoms with van der Waals surface area (Å²) in [6.07, 6.45) is 2.91. The van der Waals surface area contributed by atoms with Crippen LogP contribution in [-0.2, 0) is 9.59 Å². The summed E-state index contributed by atoms with van der Waals surface area (Å²) in [6.45, 7) is 5.60. The van der Waals surface area contributed by atoms with Gasteiger partial charge in [0.15, 0.2) is 0 Å². The molecule has 104 valence electrons. The van der Waals surface area contributed by atoms with Crippen molar-refractivity contribution in [3.63, 3.8) is 0 Å². The molecule has 0 bridgehead atoms. The summed E-state index contributed by atoms with van der Waals surface area (Å²) in [7, 11) is 1.68. The fraction of sp³-hybridized carbons (Fsp3) is 0.846. The van der Waals surface area contributed by atoms with Gasteiger partial charge in [0.2, 0.25) is 11.8 Å². The summed E-state index contributed by atoms with van der Waals surface area (Å²) in [6, 6.07) is 0.623. The first kappa shape index (κ1) is 15.0. The zero-order valence-corrected chi connectivity index (χ0v) is 11.7. The number of amides is 2. The van der Waals surface area contributed by atoms with Gasteiger partial charge in [0.25, 0.3) is 0 Å². The first-order valence-electron chi connectivity index (χ1n) is 6.73. The van der Waals surface area contributed by atoms with Gasteiger partial charge in [-0.05, 0) is 18.8 Å². The minimum atomic E-state index is -0.0882. The van der Waals surface area contributed by atoms with Gasteiger partial charge in [-0.1, -0.05) is 13.8 Å². The molecular formula is C13H25N3O2. The van der Waals surface area contributed by atoms with Gasteiger partial charge in [-0.25, -0.2) is 0 Å². The van der Waals surface area contributed by atoms with Crippen LogP contribution in [0.5, 0.6) is 0 Å². The molecule has 5 heteroatoms. The highest BCUT2D eigenvalue weighted by Gasteiger charge is 2.20. The van der Waals surface area contributed by atoms with Crippen LogP contribution in [-0.4, -0.2) is 49.4 Å². The molecule has 2 amide bonds. The van der Waals surface area contributed by atoms with Gasteiger partial charge in [0.05, 0.1) is 6.54 Å². The summed E-state index contributed by atoms with van der Waals surface area (Å²) < 4.78 is 0. The van der Waals surface area contributed by atoms with E-state index in [0.717, 1.165) is 0 Å². The Hall–Kier alpha value is -1.10. The van der Waals surface area contributed by atoms with E-state index in [1.165, 1.54) is 17.7 Å². The first-order valence-corrected chi connectivity index (χ1v) is 6.73. The molecule has 0 aromatic rings. The fourth-order valence-corrected chi connectivity index (χ4v) is 1.54. The number of hydrogen-bond acceptors (Lipinski definition) is 3. The monoisotopic (exact) mass is 255 g/mol. The van der Waals surface area contributed by atoms with Crippen LogP contribution >= 0.6 is 0 Å². The number of hydrogen-bond donors (Lipinski definition) is 2. The maximum Gasteiger partial charge on any atom is 0.239 e. The maximum atomic E-state index is 11.7. The zero-order valence-electron chi connectivity index (χ0n) is 11.7. The third-order valence-corrected chi connectivity index (χ3v) is 2.86. The first-order chi connectivity index (χ1) is 8.49. The van der Waals surface area contributed by atoms with E-state index in [0.29, 0.717) is 31.5 Å². The summed E-state index contributed by atoms with van der Waals surface area (Å²) in [4.78, 5) is 24.7. The zero-order chi connectivity index (χ0) is 13.5. The molecule has 1 rings (SSSR count). The van der Waals surface area contributed by atoms with Crippen LogP contribution in [0.2, 0.25) is 0 Å². The van der Waals surface area contributed by atoms with E-state index >= 15 is 0 Å². The Balaban J connectivity index is 2.10. The highest BCUT2D eigenvalue weighted by Crippen LogP contribution is 2.18. The van der Waals surface area contributed by atoms with Crippen molar-refractivity contribution in [2.45, 2.75) is 39.2 Å².